The Morgan fingerprint density at radius 1 is 1.00 bits per heavy atom. The summed E-state index contributed by atoms with van der Waals surface area (Å²) in [5.41, 5.74) is 0.583. The molecule has 0 aromatic rings. The average molecular weight is 409 g/mol. The van der Waals surface area contributed by atoms with Gasteiger partial charge in [0.2, 0.25) is 0 Å². The minimum absolute atomic E-state index is 0.0624. The van der Waals surface area contributed by atoms with Gasteiger partial charge in [0.15, 0.2) is 0 Å². The van der Waals surface area contributed by atoms with Crippen LogP contribution in [0.4, 0.5) is 0 Å². The normalized spacial score (nSPS) is 41.0. The van der Waals surface area contributed by atoms with Crippen LogP contribution in [-0.2, 0) is 0 Å². The SMILES string of the molecule is CC(C)CCC[C@@H](C)[C@H]1CC[C@H]2[C@H](C[C@@H](S)[C@@H]3CCC[C@H](O)C3)CCC[C@]12C. The van der Waals surface area contributed by atoms with Crippen molar-refractivity contribution in [3.63, 3.8) is 0 Å². The van der Waals surface area contributed by atoms with Gasteiger partial charge in [0.05, 0.1) is 6.10 Å². The second kappa shape index (κ2) is 10.1. The van der Waals surface area contributed by atoms with Crippen molar-refractivity contribution in [2.45, 2.75) is 123 Å². The molecule has 1 N–H and O–H groups in total. The summed E-state index contributed by atoms with van der Waals surface area (Å²) in [5, 5.41) is 10.6. The molecular weight excluding hydrogens is 360 g/mol. The highest BCUT2D eigenvalue weighted by molar-refractivity contribution is 7.81. The topological polar surface area (TPSA) is 20.2 Å². The number of hydrogen-bond donors (Lipinski definition) is 2. The monoisotopic (exact) mass is 408 g/mol. The first-order chi connectivity index (χ1) is 13.3. The van der Waals surface area contributed by atoms with Crippen molar-refractivity contribution < 1.29 is 5.11 Å². The Labute approximate surface area is 181 Å². The minimum Gasteiger partial charge on any atom is -0.393 e. The first kappa shape index (κ1) is 23.0. The molecular formula is C26H48OS. The van der Waals surface area contributed by atoms with Gasteiger partial charge in [-0.15, -0.1) is 0 Å². The zero-order valence-electron chi connectivity index (χ0n) is 19.2. The lowest BCUT2D eigenvalue weighted by atomic mass is 9.58. The maximum atomic E-state index is 10.1. The van der Waals surface area contributed by atoms with Crippen LogP contribution < -0.4 is 0 Å². The molecule has 0 aromatic carbocycles. The lowest BCUT2D eigenvalue weighted by Gasteiger charge is -2.48. The van der Waals surface area contributed by atoms with E-state index in [4.69, 9.17) is 12.6 Å². The molecule has 0 aliphatic heterocycles. The van der Waals surface area contributed by atoms with Crippen LogP contribution in [0.15, 0.2) is 0 Å². The van der Waals surface area contributed by atoms with E-state index in [-0.39, 0.29) is 6.10 Å². The van der Waals surface area contributed by atoms with E-state index in [1.54, 1.807) is 0 Å². The van der Waals surface area contributed by atoms with Crippen molar-refractivity contribution in [2.24, 2.45) is 40.9 Å². The Kier molecular flexibility index (Phi) is 8.27. The summed E-state index contributed by atoms with van der Waals surface area (Å²) in [4.78, 5) is 0. The van der Waals surface area contributed by atoms with E-state index in [1.807, 2.05) is 0 Å². The van der Waals surface area contributed by atoms with Crippen LogP contribution in [0.3, 0.4) is 0 Å². The van der Waals surface area contributed by atoms with Gasteiger partial charge in [-0.25, -0.2) is 0 Å². The van der Waals surface area contributed by atoms with Crippen LogP contribution in [0.5, 0.6) is 0 Å². The molecule has 0 heterocycles. The lowest BCUT2D eigenvalue weighted by Crippen LogP contribution is -2.40. The van der Waals surface area contributed by atoms with Crippen molar-refractivity contribution in [1.29, 1.82) is 0 Å². The van der Waals surface area contributed by atoms with Gasteiger partial charge in [-0.05, 0) is 85.9 Å². The predicted molar refractivity (Wildman–Crippen MR) is 125 cm³/mol. The molecule has 1 nitrogen and oxygen atoms in total. The Morgan fingerprint density at radius 3 is 2.50 bits per heavy atom. The average Bonchev–Trinajstić information content (AvgIpc) is 2.99. The third-order valence-corrected chi connectivity index (χ3v) is 9.88. The van der Waals surface area contributed by atoms with Gasteiger partial charge in [0.25, 0.3) is 0 Å². The number of aliphatic hydroxyl groups excluding tert-OH is 1. The zero-order chi connectivity index (χ0) is 20.3. The van der Waals surface area contributed by atoms with E-state index in [2.05, 4.69) is 27.7 Å². The van der Waals surface area contributed by atoms with Gasteiger partial charge in [-0.2, -0.15) is 12.6 Å². The molecule has 0 spiro atoms. The third-order valence-electron chi connectivity index (χ3n) is 9.25. The van der Waals surface area contributed by atoms with Crippen molar-refractivity contribution in [3.8, 4) is 0 Å². The highest BCUT2D eigenvalue weighted by Crippen LogP contribution is 2.61. The maximum Gasteiger partial charge on any atom is 0.0543 e. The second-order valence-electron chi connectivity index (χ2n) is 11.6. The molecule has 8 atom stereocenters. The highest BCUT2D eigenvalue weighted by atomic mass is 32.1. The second-order valence-corrected chi connectivity index (χ2v) is 12.3. The fraction of sp³-hybridized carbons (Fsp3) is 1.00. The van der Waals surface area contributed by atoms with Crippen LogP contribution >= 0.6 is 12.6 Å². The zero-order valence-corrected chi connectivity index (χ0v) is 20.1. The quantitative estimate of drug-likeness (QED) is 0.398. The van der Waals surface area contributed by atoms with Crippen molar-refractivity contribution in [3.05, 3.63) is 0 Å². The third kappa shape index (κ3) is 5.32. The molecule has 3 aliphatic rings. The summed E-state index contributed by atoms with van der Waals surface area (Å²) < 4.78 is 0. The molecule has 0 bridgehead atoms. The van der Waals surface area contributed by atoms with Gasteiger partial charge in [0.1, 0.15) is 0 Å². The number of hydrogen-bond acceptors (Lipinski definition) is 2. The fourth-order valence-electron chi connectivity index (χ4n) is 7.70. The Balaban J connectivity index is 1.58. The summed E-state index contributed by atoms with van der Waals surface area (Å²) >= 11 is 5.10. The predicted octanol–water partition coefficient (Wildman–Crippen LogP) is 7.52. The number of aliphatic hydroxyl groups is 1. The van der Waals surface area contributed by atoms with Crippen molar-refractivity contribution in [1.82, 2.24) is 0 Å². The largest absolute Gasteiger partial charge is 0.393 e. The molecule has 0 aromatic heterocycles. The van der Waals surface area contributed by atoms with E-state index in [0.717, 1.165) is 42.4 Å². The van der Waals surface area contributed by atoms with Gasteiger partial charge in [-0.3, -0.25) is 0 Å². The summed E-state index contributed by atoms with van der Waals surface area (Å²) in [6, 6.07) is 0. The Hall–Kier alpha value is 0.310. The Morgan fingerprint density at radius 2 is 1.79 bits per heavy atom. The minimum atomic E-state index is -0.0624. The highest BCUT2D eigenvalue weighted by Gasteiger charge is 2.52. The van der Waals surface area contributed by atoms with Crippen LogP contribution in [-0.4, -0.2) is 16.5 Å². The van der Waals surface area contributed by atoms with E-state index >= 15 is 0 Å². The fourth-order valence-corrected chi connectivity index (χ4v) is 8.25. The van der Waals surface area contributed by atoms with Crippen LogP contribution in [0.2, 0.25) is 0 Å². The van der Waals surface area contributed by atoms with E-state index < -0.39 is 0 Å². The van der Waals surface area contributed by atoms with Crippen molar-refractivity contribution in [2.75, 3.05) is 0 Å². The van der Waals surface area contributed by atoms with Crippen LogP contribution in [0.1, 0.15) is 111 Å². The molecule has 3 rings (SSSR count). The summed E-state index contributed by atoms with van der Waals surface area (Å²) in [5.74, 6) is 5.15. The number of rotatable bonds is 8. The molecule has 0 amide bonds. The molecule has 164 valence electrons. The summed E-state index contributed by atoms with van der Waals surface area (Å²) in [6.45, 7) is 9.95. The van der Waals surface area contributed by atoms with Gasteiger partial charge in [0, 0.05) is 5.25 Å². The number of fused-ring (bicyclic) bond motifs is 1. The van der Waals surface area contributed by atoms with E-state index in [9.17, 15) is 5.11 Å². The smallest absolute Gasteiger partial charge is 0.0543 e. The summed E-state index contributed by atoms with van der Waals surface area (Å²) in [6.07, 6.45) is 17.3. The Bertz CT molecular complexity index is 477. The first-order valence-electron chi connectivity index (χ1n) is 12.7. The molecule has 0 saturated heterocycles. The van der Waals surface area contributed by atoms with Gasteiger partial charge >= 0.3 is 0 Å². The molecule has 3 aliphatic carbocycles. The van der Waals surface area contributed by atoms with Crippen LogP contribution in [0.25, 0.3) is 0 Å². The first-order valence-corrected chi connectivity index (χ1v) is 13.2. The lowest BCUT2D eigenvalue weighted by molar-refractivity contribution is 0.0216. The van der Waals surface area contributed by atoms with E-state index in [1.165, 1.54) is 70.6 Å². The molecule has 3 saturated carbocycles. The van der Waals surface area contributed by atoms with Crippen molar-refractivity contribution >= 4 is 12.6 Å². The molecule has 0 unspecified atom stereocenters. The molecule has 0 radical (unpaired) electrons. The maximum absolute atomic E-state index is 10.1. The molecule has 28 heavy (non-hydrogen) atoms. The number of thiol groups is 1. The standard InChI is InChI=1S/C26H48OS/c1-18(2)8-5-9-19(3)23-13-14-24-20(11-7-15-26(23,24)4)17-25(28)21-10-6-12-22(27)16-21/h18-25,27-28H,5-17H2,1-4H3/t19-,20+,21-,22+,23-,24+,25-,26-/m1/s1. The van der Waals surface area contributed by atoms with E-state index in [0.29, 0.717) is 16.6 Å². The van der Waals surface area contributed by atoms with Crippen LogP contribution in [0, 0.1) is 40.9 Å². The summed E-state index contributed by atoms with van der Waals surface area (Å²) in [7, 11) is 0. The van der Waals surface area contributed by atoms with Gasteiger partial charge in [-0.1, -0.05) is 66.2 Å². The molecule has 2 heteroatoms. The molecule has 3 fully saturated rings. The van der Waals surface area contributed by atoms with Gasteiger partial charge < -0.3 is 5.11 Å².